The van der Waals surface area contributed by atoms with Crippen LogP contribution in [0, 0.1) is 46.5 Å². The summed E-state index contributed by atoms with van der Waals surface area (Å²) in [5.74, 6) is -6.09. The van der Waals surface area contributed by atoms with Crippen molar-refractivity contribution >= 4 is 33.0 Å². The zero-order chi connectivity index (χ0) is 25.2. The van der Waals surface area contributed by atoms with Gasteiger partial charge in [0, 0.05) is 29.3 Å². The van der Waals surface area contributed by atoms with E-state index in [1.807, 2.05) is 13.8 Å². The molecule has 4 atom stereocenters. The molecule has 182 valence electrons. The van der Waals surface area contributed by atoms with Crippen molar-refractivity contribution in [1.82, 2.24) is 0 Å². The summed E-state index contributed by atoms with van der Waals surface area (Å²) < 4.78 is 67.4. The third kappa shape index (κ3) is 5.23. The largest absolute Gasteiger partial charge is 0.322 e. The lowest BCUT2D eigenvalue weighted by Crippen LogP contribution is -2.31. The molecule has 3 rings (SSSR count). The summed E-state index contributed by atoms with van der Waals surface area (Å²) in [5, 5.41) is 10.8. The molecule has 1 aliphatic carbocycles. The molecule has 1 N–H and O–H groups in total. The molecule has 0 bridgehead atoms. The number of rotatable bonds is 7. The minimum absolute atomic E-state index is 0.0550. The minimum Gasteiger partial charge on any atom is -0.322 e. The van der Waals surface area contributed by atoms with Crippen LogP contribution in [0.1, 0.15) is 49.9 Å². The van der Waals surface area contributed by atoms with Crippen LogP contribution in [-0.2, 0) is 9.84 Å². The quantitative estimate of drug-likeness (QED) is 0.451. The highest BCUT2D eigenvalue weighted by molar-refractivity contribution is 7.92. The van der Waals surface area contributed by atoms with Gasteiger partial charge in [-0.05, 0) is 55.7 Å². The van der Waals surface area contributed by atoms with E-state index < -0.39 is 38.4 Å². The lowest BCUT2D eigenvalue weighted by atomic mass is 9.91. The van der Waals surface area contributed by atoms with Crippen molar-refractivity contribution in [3.8, 4) is 6.07 Å². The predicted octanol–water partition coefficient (Wildman–Crippen LogP) is 6.14. The summed E-state index contributed by atoms with van der Waals surface area (Å²) >= 11 is 6.23. The normalized spacial score (nSPS) is 21.1. The number of sulfone groups is 1. The van der Waals surface area contributed by atoms with Gasteiger partial charge in [-0.25, -0.2) is 21.6 Å². The van der Waals surface area contributed by atoms with E-state index in [1.165, 1.54) is 12.1 Å². The standard InChI is InChI=1S/C24H24ClF3N2O3S/c1-3-14(12-29)8-15-5-4-13(2)23(15)34(32,33)21-9-16(6-7-18(21)25)24(31)30-17-10-19(26)22(28)20(27)11-17/h6-7,9-11,13-15,23H,3-5,8H2,1-2H3,(H,30,31)/t13?,14?,15-,23?/m0/s1. The molecular weight excluding hydrogens is 489 g/mol. The van der Waals surface area contributed by atoms with Crippen molar-refractivity contribution in [2.45, 2.75) is 49.7 Å². The minimum atomic E-state index is -3.97. The number of nitrogens with zero attached hydrogens (tertiary/aromatic N) is 1. The summed E-state index contributed by atoms with van der Waals surface area (Å²) in [6.07, 6.45) is 2.44. The molecule has 1 amide bonds. The molecule has 0 aliphatic heterocycles. The van der Waals surface area contributed by atoms with Crippen molar-refractivity contribution in [3.05, 3.63) is 58.4 Å². The van der Waals surface area contributed by atoms with Gasteiger partial charge in [0.05, 0.1) is 21.2 Å². The fourth-order valence-electron chi connectivity index (χ4n) is 4.60. The van der Waals surface area contributed by atoms with Crippen LogP contribution < -0.4 is 5.32 Å². The van der Waals surface area contributed by atoms with Gasteiger partial charge in [-0.3, -0.25) is 4.79 Å². The van der Waals surface area contributed by atoms with E-state index >= 15 is 0 Å². The van der Waals surface area contributed by atoms with Crippen LogP contribution in [0.5, 0.6) is 0 Å². The molecule has 0 spiro atoms. The Labute approximate surface area is 201 Å². The maximum Gasteiger partial charge on any atom is 0.255 e. The van der Waals surface area contributed by atoms with Gasteiger partial charge in [0.1, 0.15) is 0 Å². The lowest BCUT2D eigenvalue weighted by molar-refractivity contribution is 0.102. The van der Waals surface area contributed by atoms with Crippen molar-refractivity contribution in [1.29, 1.82) is 5.26 Å². The zero-order valence-electron chi connectivity index (χ0n) is 18.6. The van der Waals surface area contributed by atoms with E-state index in [1.54, 1.807) is 0 Å². The smallest absolute Gasteiger partial charge is 0.255 e. The molecule has 1 aliphatic rings. The molecule has 0 radical (unpaired) electrons. The number of carbonyl (C=O) groups excluding carboxylic acids is 1. The Hall–Kier alpha value is -2.57. The van der Waals surface area contributed by atoms with Crippen LogP contribution in [0.4, 0.5) is 18.9 Å². The summed E-state index contributed by atoms with van der Waals surface area (Å²) in [5.41, 5.74) is -0.425. The molecule has 3 unspecified atom stereocenters. The lowest BCUT2D eigenvalue weighted by Gasteiger charge is -2.25. The summed E-state index contributed by atoms with van der Waals surface area (Å²) in [7, 11) is -3.97. The zero-order valence-corrected chi connectivity index (χ0v) is 20.2. The number of nitriles is 1. The molecule has 5 nitrogen and oxygen atoms in total. The SMILES string of the molecule is CCC(C#N)C[C@@H]1CCC(C)C1S(=O)(=O)c1cc(C(=O)Nc2cc(F)c(F)c(F)c2)ccc1Cl. The molecule has 1 saturated carbocycles. The van der Waals surface area contributed by atoms with Gasteiger partial charge in [0.15, 0.2) is 27.3 Å². The summed E-state index contributed by atoms with van der Waals surface area (Å²) in [6, 6.07) is 7.15. The van der Waals surface area contributed by atoms with E-state index in [4.69, 9.17) is 11.6 Å². The predicted molar refractivity (Wildman–Crippen MR) is 123 cm³/mol. The van der Waals surface area contributed by atoms with Gasteiger partial charge in [-0.1, -0.05) is 25.4 Å². The van der Waals surface area contributed by atoms with Crippen LogP contribution in [0.2, 0.25) is 5.02 Å². The van der Waals surface area contributed by atoms with Crippen LogP contribution in [-0.4, -0.2) is 19.6 Å². The number of hydrogen-bond acceptors (Lipinski definition) is 4. The third-order valence-corrected chi connectivity index (χ3v) is 9.34. The number of nitrogens with one attached hydrogen (secondary N) is 1. The molecule has 2 aromatic rings. The molecular formula is C24H24ClF3N2O3S. The van der Waals surface area contributed by atoms with Crippen LogP contribution >= 0.6 is 11.6 Å². The highest BCUT2D eigenvalue weighted by Crippen LogP contribution is 2.43. The molecule has 2 aromatic carbocycles. The fourth-order valence-corrected chi connectivity index (χ4v) is 7.46. The monoisotopic (exact) mass is 512 g/mol. The first kappa shape index (κ1) is 26.0. The van der Waals surface area contributed by atoms with E-state index in [0.29, 0.717) is 37.8 Å². The summed E-state index contributed by atoms with van der Waals surface area (Å²) in [6.45, 7) is 3.73. The van der Waals surface area contributed by atoms with Crippen molar-refractivity contribution in [2.24, 2.45) is 17.8 Å². The molecule has 1 fully saturated rings. The Morgan fingerprint density at radius 1 is 1.21 bits per heavy atom. The second kappa shape index (κ2) is 10.4. The molecule has 0 saturated heterocycles. The average molecular weight is 513 g/mol. The Morgan fingerprint density at radius 3 is 2.44 bits per heavy atom. The third-order valence-electron chi connectivity index (χ3n) is 6.38. The second-order valence-electron chi connectivity index (χ2n) is 8.65. The number of amides is 1. The van der Waals surface area contributed by atoms with E-state index in [2.05, 4.69) is 11.4 Å². The van der Waals surface area contributed by atoms with Gasteiger partial charge in [0.25, 0.3) is 5.91 Å². The topological polar surface area (TPSA) is 87.0 Å². The van der Waals surface area contributed by atoms with Crippen molar-refractivity contribution < 1.29 is 26.4 Å². The van der Waals surface area contributed by atoms with Gasteiger partial charge in [-0.2, -0.15) is 5.26 Å². The van der Waals surface area contributed by atoms with Gasteiger partial charge in [0.2, 0.25) is 0 Å². The number of hydrogen-bond donors (Lipinski definition) is 1. The number of anilines is 1. The van der Waals surface area contributed by atoms with E-state index in [9.17, 15) is 31.6 Å². The molecule has 0 heterocycles. The maximum absolute atomic E-state index is 13.7. The number of halogens is 4. The summed E-state index contributed by atoms with van der Waals surface area (Å²) in [4.78, 5) is 12.4. The van der Waals surface area contributed by atoms with Gasteiger partial charge < -0.3 is 5.32 Å². The van der Waals surface area contributed by atoms with Crippen LogP contribution in [0.3, 0.4) is 0 Å². The van der Waals surface area contributed by atoms with Gasteiger partial charge in [-0.15, -0.1) is 0 Å². The van der Waals surface area contributed by atoms with E-state index in [-0.39, 0.29) is 38.9 Å². The molecule has 34 heavy (non-hydrogen) atoms. The average Bonchev–Trinajstić information content (AvgIpc) is 3.16. The Morgan fingerprint density at radius 2 is 1.85 bits per heavy atom. The highest BCUT2D eigenvalue weighted by Gasteiger charge is 2.44. The maximum atomic E-state index is 13.7. The second-order valence-corrected chi connectivity index (χ2v) is 11.1. The Bertz CT molecular complexity index is 1220. The van der Waals surface area contributed by atoms with Gasteiger partial charge >= 0.3 is 0 Å². The number of benzene rings is 2. The van der Waals surface area contributed by atoms with Crippen molar-refractivity contribution in [3.63, 3.8) is 0 Å². The van der Waals surface area contributed by atoms with Crippen LogP contribution in [0.15, 0.2) is 35.2 Å². The Kier molecular flexibility index (Phi) is 7.94. The first-order valence-electron chi connectivity index (χ1n) is 10.9. The first-order chi connectivity index (χ1) is 16.0. The van der Waals surface area contributed by atoms with E-state index in [0.717, 1.165) is 6.07 Å². The fraction of sp³-hybridized carbons (Fsp3) is 0.417. The molecule has 0 aromatic heterocycles. The molecule has 10 heteroatoms. The Balaban J connectivity index is 1.93. The number of carbonyl (C=O) groups is 1. The highest BCUT2D eigenvalue weighted by atomic mass is 35.5. The van der Waals surface area contributed by atoms with Crippen molar-refractivity contribution in [2.75, 3.05) is 5.32 Å². The first-order valence-corrected chi connectivity index (χ1v) is 12.8. The van der Waals surface area contributed by atoms with Crippen LogP contribution in [0.25, 0.3) is 0 Å².